The van der Waals surface area contributed by atoms with Crippen molar-refractivity contribution in [3.63, 3.8) is 0 Å². The summed E-state index contributed by atoms with van der Waals surface area (Å²) in [6.45, 7) is -0.471. The lowest BCUT2D eigenvalue weighted by Gasteiger charge is -2.18. The van der Waals surface area contributed by atoms with Crippen molar-refractivity contribution < 1.29 is 20.1 Å². The normalized spacial score (nSPS) is 27.3. The van der Waals surface area contributed by atoms with E-state index in [1.165, 1.54) is 17.1 Å². The highest BCUT2D eigenvalue weighted by molar-refractivity contribution is 6.09. The summed E-state index contributed by atoms with van der Waals surface area (Å²) in [5, 5.41) is 30.5. The van der Waals surface area contributed by atoms with Gasteiger partial charge in [-0.2, -0.15) is 0 Å². The van der Waals surface area contributed by atoms with Crippen LogP contribution < -0.4 is 11.4 Å². The van der Waals surface area contributed by atoms with Crippen molar-refractivity contribution in [3.8, 4) is 0 Å². The first-order chi connectivity index (χ1) is 11.5. The van der Waals surface area contributed by atoms with E-state index in [1.807, 2.05) is 0 Å². The van der Waals surface area contributed by atoms with Gasteiger partial charge in [0.1, 0.15) is 41.8 Å². The Bertz CT molecular complexity index is 984. The number of hydrogen-bond acceptors (Lipinski definition) is 9. The SMILES string of the molecule is Nc1ncnc2c1c1cnc(=O)[nH]c1n2C1O[C@H](CO)[C@@H](O)[C@H]1O. The molecule has 1 unspecified atom stereocenters. The minimum Gasteiger partial charge on any atom is -0.394 e. The van der Waals surface area contributed by atoms with Crippen LogP contribution in [0.2, 0.25) is 0 Å². The summed E-state index contributed by atoms with van der Waals surface area (Å²) in [5.41, 5.74) is 5.88. The van der Waals surface area contributed by atoms with Crippen LogP contribution in [0, 0.1) is 0 Å². The molecule has 3 aromatic heterocycles. The maximum absolute atomic E-state index is 11.6. The maximum Gasteiger partial charge on any atom is 0.346 e. The smallest absolute Gasteiger partial charge is 0.346 e. The van der Waals surface area contributed by atoms with Crippen LogP contribution in [0.5, 0.6) is 0 Å². The Morgan fingerprint density at radius 3 is 2.79 bits per heavy atom. The molecule has 0 spiro atoms. The monoisotopic (exact) mass is 334 g/mol. The van der Waals surface area contributed by atoms with Crippen molar-refractivity contribution in [2.45, 2.75) is 24.5 Å². The number of fused-ring (bicyclic) bond motifs is 3. The number of rotatable bonds is 2. The lowest BCUT2D eigenvalue weighted by molar-refractivity contribution is -0.0492. The highest BCUT2D eigenvalue weighted by Crippen LogP contribution is 2.37. The highest BCUT2D eigenvalue weighted by atomic mass is 16.6. The van der Waals surface area contributed by atoms with E-state index in [-0.39, 0.29) is 11.5 Å². The second kappa shape index (κ2) is 5.21. The third-order valence-corrected chi connectivity index (χ3v) is 4.16. The quantitative estimate of drug-likeness (QED) is 0.350. The minimum atomic E-state index is -1.34. The van der Waals surface area contributed by atoms with E-state index in [2.05, 4.69) is 19.9 Å². The summed E-state index contributed by atoms with van der Waals surface area (Å²) in [4.78, 5) is 25.9. The molecule has 0 radical (unpaired) electrons. The molecule has 11 heteroatoms. The summed E-state index contributed by atoms with van der Waals surface area (Å²) >= 11 is 0. The summed E-state index contributed by atoms with van der Waals surface area (Å²) < 4.78 is 6.96. The Labute approximate surface area is 133 Å². The van der Waals surface area contributed by atoms with Crippen molar-refractivity contribution in [3.05, 3.63) is 23.0 Å². The molecule has 6 N–H and O–H groups in total. The molecule has 3 aromatic rings. The maximum atomic E-state index is 11.6. The molecular weight excluding hydrogens is 320 g/mol. The second-order valence-corrected chi connectivity index (χ2v) is 5.51. The minimum absolute atomic E-state index is 0.171. The lowest BCUT2D eigenvalue weighted by atomic mass is 10.1. The van der Waals surface area contributed by atoms with Crippen LogP contribution in [0.1, 0.15) is 6.23 Å². The number of H-pyrrole nitrogens is 1. The molecule has 0 aromatic carbocycles. The number of nitrogens with one attached hydrogen (secondary N) is 1. The molecule has 4 heterocycles. The first-order valence-electron chi connectivity index (χ1n) is 7.14. The fourth-order valence-corrected chi connectivity index (χ4v) is 3.04. The molecule has 0 amide bonds. The van der Waals surface area contributed by atoms with E-state index in [0.29, 0.717) is 16.4 Å². The molecule has 1 aliphatic heterocycles. The first kappa shape index (κ1) is 15.0. The Hall–Kier alpha value is -2.60. The Kier molecular flexibility index (Phi) is 3.25. The van der Waals surface area contributed by atoms with Crippen molar-refractivity contribution in [1.82, 2.24) is 24.5 Å². The van der Waals surface area contributed by atoms with Gasteiger partial charge >= 0.3 is 5.69 Å². The van der Waals surface area contributed by atoms with E-state index in [4.69, 9.17) is 10.5 Å². The molecule has 1 saturated heterocycles. The van der Waals surface area contributed by atoms with E-state index in [0.717, 1.165) is 0 Å². The number of nitrogens with two attached hydrogens (primary N) is 1. The van der Waals surface area contributed by atoms with Gasteiger partial charge in [0.25, 0.3) is 0 Å². The summed E-state index contributed by atoms with van der Waals surface area (Å²) in [6.07, 6.45) is -2.11. The van der Waals surface area contributed by atoms with Gasteiger partial charge in [-0.05, 0) is 0 Å². The number of aliphatic hydroxyl groups is 3. The van der Waals surface area contributed by atoms with Crippen LogP contribution in [-0.4, -0.2) is 64.7 Å². The number of hydrogen-bond donors (Lipinski definition) is 5. The number of nitrogen functional groups attached to an aromatic ring is 1. The highest BCUT2D eigenvalue weighted by Gasteiger charge is 2.44. The molecule has 0 bridgehead atoms. The predicted octanol–water partition coefficient (Wildman–Crippen LogP) is -2.14. The van der Waals surface area contributed by atoms with Gasteiger partial charge in [0.2, 0.25) is 0 Å². The standard InChI is InChI=1S/C13H14N6O5/c14-9-6-4-1-15-13(23)18-10(4)19(11(6)17-3-16-9)12-8(22)7(21)5(2-20)24-12/h1,3,5,7-8,12,20-22H,2H2,(H2,14,16,17)(H,15,18,23)/t5-,7-,8-,12?/m1/s1. The van der Waals surface area contributed by atoms with Gasteiger partial charge in [-0.1, -0.05) is 0 Å². The van der Waals surface area contributed by atoms with Gasteiger partial charge in [0, 0.05) is 11.6 Å². The topological polar surface area (TPSA) is 172 Å². The van der Waals surface area contributed by atoms with Gasteiger partial charge in [0.05, 0.1) is 12.0 Å². The van der Waals surface area contributed by atoms with Crippen molar-refractivity contribution in [1.29, 1.82) is 0 Å². The molecule has 0 aliphatic carbocycles. The predicted molar refractivity (Wildman–Crippen MR) is 80.9 cm³/mol. The van der Waals surface area contributed by atoms with Gasteiger partial charge in [-0.3, -0.25) is 9.55 Å². The fourth-order valence-electron chi connectivity index (χ4n) is 3.04. The van der Waals surface area contributed by atoms with Crippen molar-refractivity contribution in [2.24, 2.45) is 0 Å². The summed E-state index contributed by atoms with van der Waals surface area (Å²) in [6, 6.07) is 0. The number of aromatic amines is 1. The molecule has 24 heavy (non-hydrogen) atoms. The molecular formula is C13H14N6O5. The Balaban J connectivity index is 2.05. The molecule has 4 rings (SSSR count). The van der Waals surface area contributed by atoms with Crippen LogP contribution in [0.15, 0.2) is 17.3 Å². The van der Waals surface area contributed by atoms with Crippen LogP contribution in [0.3, 0.4) is 0 Å². The Morgan fingerprint density at radius 1 is 1.29 bits per heavy atom. The van der Waals surface area contributed by atoms with E-state index in [1.54, 1.807) is 0 Å². The second-order valence-electron chi connectivity index (χ2n) is 5.51. The summed E-state index contributed by atoms with van der Waals surface area (Å²) in [5.74, 6) is 0.171. The largest absolute Gasteiger partial charge is 0.394 e. The van der Waals surface area contributed by atoms with Crippen LogP contribution in [-0.2, 0) is 4.74 Å². The fraction of sp³-hybridized carbons (Fsp3) is 0.385. The average Bonchev–Trinajstić information content (AvgIpc) is 3.03. The van der Waals surface area contributed by atoms with Crippen molar-refractivity contribution >= 4 is 27.9 Å². The molecule has 4 atom stereocenters. The van der Waals surface area contributed by atoms with E-state index >= 15 is 0 Å². The van der Waals surface area contributed by atoms with Crippen LogP contribution in [0.25, 0.3) is 22.1 Å². The summed E-state index contributed by atoms with van der Waals surface area (Å²) in [7, 11) is 0. The molecule has 1 fully saturated rings. The molecule has 126 valence electrons. The van der Waals surface area contributed by atoms with Crippen LogP contribution >= 0.6 is 0 Å². The number of aliphatic hydroxyl groups excluding tert-OH is 3. The van der Waals surface area contributed by atoms with Crippen LogP contribution in [0.4, 0.5) is 5.82 Å². The third kappa shape index (κ3) is 1.93. The van der Waals surface area contributed by atoms with E-state index in [9.17, 15) is 20.1 Å². The Morgan fingerprint density at radius 2 is 2.08 bits per heavy atom. The first-order valence-corrected chi connectivity index (χ1v) is 7.14. The number of nitrogens with zero attached hydrogens (tertiary/aromatic N) is 4. The third-order valence-electron chi connectivity index (χ3n) is 4.16. The average molecular weight is 334 g/mol. The molecule has 0 saturated carbocycles. The zero-order chi connectivity index (χ0) is 17.0. The zero-order valence-corrected chi connectivity index (χ0v) is 12.2. The van der Waals surface area contributed by atoms with Crippen molar-refractivity contribution in [2.75, 3.05) is 12.3 Å². The van der Waals surface area contributed by atoms with Gasteiger partial charge in [-0.25, -0.2) is 19.7 Å². The zero-order valence-electron chi connectivity index (χ0n) is 12.2. The lowest BCUT2D eigenvalue weighted by Crippen LogP contribution is -2.33. The van der Waals surface area contributed by atoms with Gasteiger partial charge < -0.3 is 25.8 Å². The van der Waals surface area contributed by atoms with Gasteiger partial charge in [-0.15, -0.1) is 0 Å². The number of aromatic nitrogens is 5. The molecule has 11 nitrogen and oxygen atoms in total. The van der Waals surface area contributed by atoms with E-state index < -0.39 is 36.8 Å². The van der Waals surface area contributed by atoms with Gasteiger partial charge in [0.15, 0.2) is 6.23 Å². The molecule has 1 aliphatic rings. The number of ether oxygens (including phenoxy) is 1. The number of anilines is 1.